The average Bonchev–Trinajstić information content (AvgIpc) is 3.53. The number of carbonyl (C=O) groups is 3. The van der Waals surface area contributed by atoms with Crippen molar-refractivity contribution in [3.8, 4) is 0 Å². The highest BCUT2D eigenvalue weighted by Crippen LogP contribution is 2.56. The third kappa shape index (κ3) is 6.07. The first-order chi connectivity index (χ1) is 16.7. The van der Waals surface area contributed by atoms with Crippen LogP contribution in [0.15, 0.2) is 55.8 Å². The van der Waals surface area contributed by atoms with E-state index in [0.717, 1.165) is 16.9 Å². The molecule has 3 rings (SSSR count). The fraction of sp³-hybridized carbons (Fsp3) is 0.483. The Kier molecular flexibility index (Phi) is 7.53. The van der Waals surface area contributed by atoms with Gasteiger partial charge in [0.25, 0.3) is 0 Å². The van der Waals surface area contributed by atoms with Crippen molar-refractivity contribution in [3.63, 3.8) is 0 Å². The normalized spacial score (nSPS) is 19.0. The van der Waals surface area contributed by atoms with Crippen LogP contribution in [0.4, 0.5) is 15.3 Å². The maximum atomic E-state index is 13.8. The van der Waals surface area contributed by atoms with Crippen LogP contribution in [0.2, 0.25) is 0 Å². The molecule has 0 saturated heterocycles. The quantitative estimate of drug-likeness (QED) is 0.426. The topological polar surface area (TPSA) is 76.2 Å². The largest absolute Gasteiger partial charge is 0.443 e. The van der Waals surface area contributed by atoms with Crippen LogP contribution < -0.4 is 4.90 Å². The summed E-state index contributed by atoms with van der Waals surface area (Å²) in [7, 11) is 0. The summed E-state index contributed by atoms with van der Waals surface area (Å²) in [5.41, 5.74) is -0.00761. The number of amides is 3. The fourth-order valence-electron chi connectivity index (χ4n) is 4.28. The maximum Gasteiger partial charge on any atom is 0.421 e. The predicted molar refractivity (Wildman–Crippen MR) is 141 cm³/mol. The zero-order valence-electron chi connectivity index (χ0n) is 22.3. The third-order valence-corrected chi connectivity index (χ3v) is 6.18. The molecule has 3 amide bonds. The molecule has 1 fully saturated rings. The monoisotopic (exact) mass is 494 g/mol. The van der Waals surface area contributed by atoms with Gasteiger partial charge >= 0.3 is 12.2 Å². The van der Waals surface area contributed by atoms with Gasteiger partial charge in [-0.2, -0.15) is 0 Å². The van der Waals surface area contributed by atoms with Crippen LogP contribution in [0.5, 0.6) is 0 Å². The molecule has 1 aliphatic carbocycles. The van der Waals surface area contributed by atoms with E-state index >= 15 is 0 Å². The Morgan fingerprint density at radius 2 is 1.64 bits per heavy atom. The third-order valence-electron chi connectivity index (χ3n) is 6.18. The number of ether oxygens (including phenoxy) is 2. The van der Waals surface area contributed by atoms with Crippen LogP contribution in [0.3, 0.4) is 0 Å². The summed E-state index contributed by atoms with van der Waals surface area (Å²) in [6, 6.07) is 7.21. The van der Waals surface area contributed by atoms with Crippen molar-refractivity contribution in [3.05, 3.63) is 61.3 Å². The Labute approximate surface area is 214 Å². The molecule has 2 aliphatic rings. The highest BCUT2D eigenvalue weighted by molar-refractivity contribution is 6.15. The summed E-state index contributed by atoms with van der Waals surface area (Å²) in [5.74, 6) is -0.816. The first kappa shape index (κ1) is 27.2. The smallest absolute Gasteiger partial charge is 0.421 e. The van der Waals surface area contributed by atoms with Gasteiger partial charge in [0.1, 0.15) is 11.2 Å². The molecule has 7 nitrogen and oxygen atoms in total. The van der Waals surface area contributed by atoms with Crippen molar-refractivity contribution in [2.75, 3.05) is 11.4 Å². The lowest BCUT2D eigenvalue weighted by Gasteiger charge is -2.31. The minimum Gasteiger partial charge on any atom is -0.443 e. The minimum absolute atomic E-state index is 0.364. The Morgan fingerprint density at radius 1 is 1.03 bits per heavy atom. The van der Waals surface area contributed by atoms with Crippen LogP contribution in [-0.2, 0) is 14.3 Å². The molecule has 0 bridgehead atoms. The summed E-state index contributed by atoms with van der Waals surface area (Å²) >= 11 is 0. The molecule has 1 heterocycles. The van der Waals surface area contributed by atoms with E-state index in [2.05, 4.69) is 13.2 Å². The van der Waals surface area contributed by atoms with E-state index in [0.29, 0.717) is 30.6 Å². The van der Waals surface area contributed by atoms with Crippen molar-refractivity contribution in [1.82, 2.24) is 4.90 Å². The lowest BCUT2D eigenvalue weighted by molar-refractivity contribution is -0.120. The Bertz CT molecular complexity index is 1080. The van der Waals surface area contributed by atoms with Gasteiger partial charge < -0.3 is 9.47 Å². The maximum absolute atomic E-state index is 13.8. The molecule has 1 aliphatic heterocycles. The van der Waals surface area contributed by atoms with Crippen molar-refractivity contribution < 1.29 is 23.9 Å². The van der Waals surface area contributed by atoms with Gasteiger partial charge in [0, 0.05) is 23.7 Å². The molecule has 194 valence electrons. The molecule has 1 unspecified atom stereocenters. The van der Waals surface area contributed by atoms with Gasteiger partial charge in [-0.25, -0.2) is 14.5 Å². The number of anilines is 1. The lowest BCUT2D eigenvalue weighted by atomic mass is 9.96. The summed E-state index contributed by atoms with van der Waals surface area (Å²) in [6.45, 7) is 19.0. The van der Waals surface area contributed by atoms with Crippen molar-refractivity contribution >= 4 is 29.4 Å². The van der Waals surface area contributed by atoms with E-state index in [-0.39, 0.29) is 5.91 Å². The Balaban J connectivity index is 2.03. The summed E-state index contributed by atoms with van der Waals surface area (Å²) in [4.78, 5) is 42.6. The fourth-order valence-corrected chi connectivity index (χ4v) is 4.28. The number of para-hydroxylation sites is 1. The van der Waals surface area contributed by atoms with Crippen molar-refractivity contribution in [2.45, 2.75) is 72.0 Å². The van der Waals surface area contributed by atoms with Gasteiger partial charge in [-0.3, -0.25) is 9.69 Å². The second kappa shape index (κ2) is 9.96. The number of hydrogen-bond donors (Lipinski definition) is 0. The average molecular weight is 495 g/mol. The summed E-state index contributed by atoms with van der Waals surface area (Å²) < 4.78 is 11.2. The SMILES string of the molecule is C=CC1(C=C)CC1C(=O)N(C(=O)OC(C)(C)C)c1ccccc1C1=CN(C(=O)OC(C)(C)C)CCC1. The number of hydrogen-bond acceptors (Lipinski definition) is 5. The molecule has 7 heteroatoms. The summed E-state index contributed by atoms with van der Waals surface area (Å²) in [6.07, 6.45) is 5.94. The number of benzene rings is 1. The van der Waals surface area contributed by atoms with E-state index in [1.54, 1.807) is 56.2 Å². The number of carbonyl (C=O) groups excluding carboxylic acids is 3. The van der Waals surface area contributed by atoms with Gasteiger partial charge in [-0.15, -0.1) is 13.2 Å². The van der Waals surface area contributed by atoms with E-state index in [1.807, 2.05) is 32.9 Å². The second-order valence-corrected chi connectivity index (χ2v) is 11.4. The molecule has 0 aromatic heterocycles. The van der Waals surface area contributed by atoms with E-state index in [4.69, 9.17) is 9.47 Å². The zero-order chi connectivity index (χ0) is 26.9. The first-order valence-electron chi connectivity index (χ1n) is 12.4. The van der Waals surface area contributed by atoms with Gasteiger partial charge in [0.2, 0.25) is 5.91 Å². The van der Waals surface area contributed by atoms with Gasteiger partial charge in [0.15, 0.2) is 0 Å². The molecule has 1 atom stereocenters. The highest BCUT2D eigenvalue weighted by Gasteiger charge is 2.56. The molecule has 1 saturated carbocycles. The Morgan fingerprint density at radius 3 is 2.19 bits per heavy atom. The minimum atomic E-state index is -0.792. The van der Waals surface area contributed by atoms with Crippen molar-refractivity contribution in [2.24, 2.45) is 11.3 Å². The molecule has 1 aromatic rings. The Hall–Kier alpha value is -3.35. The first-order valence-corrected chi connectivity index (χ1v) is 12.4. The van der Waals surface area contributed by atoms with Gasteiger partial charge in [-0.1, -0.05) is 30.4 Å². The molecule has 0 N–H and O–H groups in total. The molecular weight excluding hydrogens is 456 g/mol. The molecule has 1 aromatic carbocycles. The van der Waals surface area contributed by atoms with Crippen LogP contribution >= 0.6 is 0 Å². The molecule has 0 spiro atoms. The van der Waals surface area contributed by atoms with Crippen LogP contribution in [0.25, 0.3) is 5.57 Å². The van der Waals surface area contributed by atoms with Crippen LogP contribution in [0.1, 0.15) is 66.4 Å². The molecular formula is C29H38N2O5. The lowest BCUT2D eigenvalue weighted by Crippen LogP contribution is -2.43. The molecule has 0 radical (unpaired) electrons. The number of rotatable bonds is 5. The summed E-state index contributed by atoms with van der Waals surface area (Å²) in [5, 5.41) is 0. The van der Waals surface area contributed by atoms with Gasteiger partial charge in [-0.05, 0) is 72.4 Å². The van der Waals surface area contributed by atoms with E-state index < -0.39 is 34.7 Å². The number of allylic oxidation sites excluding steroid dienone is 3. The molecule has 36 heavy (non-hydrogen) atoms. The van der Waals surface area contributed by atoms with Crippen LogP contribution in [0, 0.1) is 11.3 Å². The van der Waals surface area contributed by atoms with Crippen molar-refractivity contribution in [1.29, 1.82) is 0 Å². The highest BCUT2D eigenvalue weighted by atomic mass is 16.6. The second-order valence-electron chi connectivity index (χ2n) is 11.4. The number of imide groups is 1. The standard InChI is InChI=1S/C29H38N2O5/c1-9-29(10-2)18-22(29)24(32)31(26(34)36-28(6,7)8)23-16-12-11-15-21(23)20-14-13-17-30(19-20)25(33)35-27(3,4)5/h9-12,15-16,19,22H,1-2,13-14,17-18H2,3-8H3. The number of nitrogens with zero attached hydrogens (tertiary/aromatic N) is 2. The van der Waals surface area contributed by atoms with E-state index in [9.17, 15) is 14.4 Å². The zero-order valence-corrected chi connectivity index (χ0v) is 22.3. The predicted octanol–water partition coefficient (Wildman–Crippen LogP) is 6.70. The van der Waals surface area contributed by atoms with Gasteiger partial charge in [0.05, 0.1) is 11.6 Å². The van der Waals surface area contributed by atoms with Crippen LogP contribution in [-0.4, -0.2) is 40.7 Å². The van der Waals surface area contributed by atoms with E-state index in [1.165, 1.54) is 0 Å².